The molecule has 2 aromatic rings. The molecule has 0 spiro atoms. The molecule has 1 N–H and O–H groups in total. The third-order valence-corrected chi connectivity index (χ3v) is 4.12. The van der Waals surface area contributed by atoms with Crippen LogP contribution in [0.15, 0.2) is 48.5 Å². The van der Waals surface area contributed by atoms with Gasteiger partial charge >= 0.3 is 0 Å². The van der Waals surface area contributed by atoms with E-state index in [1.54, 1.807) is 24.3 Å². The van der Waals surface area contributed by atoms with E-state index in [1.165, 1.54) is 18.2 Å². The van der Waals surface area contributed by atoms with Gasteiger partial charge in [0.05, 0.1) is 4.92 Å². The first-order valence-corrected chi connectivity index (χ1v) is 7.57. The van der Waals surface area contributed by atoms with Crippen molar-refractivity contribution < 1.29 is 9.31 Å². The lowest BCUT2D eigenvalue weighted by molar-refractivity contribution is -0.384. The van der Waals surface area contributed by atoms with Crippen molar-refractivity contribution in [2.45, 2.75) is 12.6 Å². The van der Waals surface area contributed by atoms with E-state index < -0.39 is 4.92 Å². The Bertz CT molecular complexity index is 690. The summed E-state index contributed by atoms with van der Waals surface area (Å²) in [5, 5.41) is 14.1. The topological polar surface area (TPSA) is 58.4 Å². The van der Waals surface area contributed by atoms with E-state index in [0.717, 1.165) is 30.8 Å². The number of halogens is 1. The van der Waals surface area contributed by atoms with Crippen molar-refractivity contribution in [1.82, 2.24) is 10.2 Å². The first kappa shape index (κ1) is 15.6. The molecule has 1 saturated heterocycles. The van der Waals surface area contributed by atoms with Crippen LogP contribution < -0.4 is 5.32 Å². The number of nitrogens with one attached hydrogen (secondary N) is 1. The normalized spacial score (nSPS) is 18.7. The van der Waals surface area contributed by atoms with Crippen LogP contribution in [-0.4, -0.2) is 29.5 Å². The molecule has 0 bridgehead atoms. The van der Waals surface area contributed by atoms with E-state index in [2.05, 4.69) is 10.2 Å². The van der Waals surface area contributed by atoms with Crippen LogP contribution in [0.5, 0.6) is 0 Å². The predicted molar refractivity (Wildman–Crippen MR) is 85.5 cm³/mol. The van der Waals surface area contributed by atoms with Gasteiger partial charge in [0.2, 0.25) is 0 Å². The molecule has 5 nitrogen and oxygen atoms in total. The second-order valence-corrected chi connectivity index (χ2v) is 5.67. The lowest BCUT2D eigenvalue weighted by Crippen LogP contribution is -2.45. The Labute approximate surface area is 133 Å². The third kappa shape index (κ3) is 3.72. The number of benzene rings is 2. The Morgan fingerprint density at radius 1 is 1.26 bits per heavy atom. The molecule has 1 heterocycles. The van der Waals surface area contributed by atoms with Gasteiger partial charge in [-0.2, -0.15) is 0 Å². The molecule has 0 aromatic heterocycles. The van der Waals surface area contributed by atoms with Gasteiger partial charge in [-0.1, -0.05) is 24.3 Å². The summed E-state index contributed by atoms with van der Waals surface area (Å²) in [5.74, 6) is -0.233. The molecule has 0 amide bonds. The van der Waals surface area contributed by atoms with Crippen LogP contribution in [-0.2, 0) is 6.54 Å². The van der Waals surface area contributed by atoms with E-state index >= 15 is 0 Å². The zero-order valence-corrected chi connectivity index (χ0v) is 12.6. The van der Waals surface area contributed by atoms with Gasteiger partial charge in [0.15, 0.2) is 0 Å². The summed E-state index contributed by atoms with van der Waals surface area (Å²) in [5.41, 5.74) is 2.05. The van der Waals surface area contributed by atoms with Gasteiger partial charge in [-0.05, 0) is 23.3 Å². The van der Waals surface area contributed by atoms with Gasteiger partial charge < -0.3 is 5.32 Å². The minimum Gasteiger partial charge on any atom is -0.314 e. The molecule has 120 valence electrons. The monoisotopic (exact) mass is 315 g/mol. The molecule has 1 aliphatic rings. The minimum atomic E-state index is -0.399. The number of hydrogen-bond acceptors (Lipinski definition) is 4. The van der Waals surface area contributed by atoms with Gasteiger partial charge in [0.25, 0.3) is 5.69 Å². The molecule has 2 aromatic carbocycles. The molecule has 0 radical (unpaired) electrons. The Balaban J connectivity index is 1.77. The molecule has 3 rings (SSSR count). The quantitative estimate of drug-likeness (QED) is 0.696. The van der Waals surface area contributed by atoms with E-state index in [1.807, 2.05) is 6.07 Å². The van der Waals surface area contributed by atoms with Crippen LogP contribution in [0.25, 0.3) is 0 Å². The number of hydrogen-bond donors (Lipinski definition) is 1. The molecule has 1 aliphatic heterocycles. The Morgan fingerprint density at radius 2 is 2.04 bits per heavy atom. The fourth-order valence-electron chi connectivity index (χ4n) is 2.94. The molecule has 23 heavy (non-hydrogen) atoms. The first-order chi connectivity index (χ1) is 11.1. The Morgan fingerprint density at radius 3 is 2.74 bits per heavy atom. The molecular weight excluding hydrogens is 297 g/mol. The van der Waals surface area contributed by atoms with E-state index in [4.69, 9.17) is 0 Å². The largest absolute Gasteiger partial charge is 0.314 e. The number of nitrogens with zero attached hydrogens (tertiary/aromatic N) is 2. The van der Waals surface area contributed by atoms with Crippen molar-refractivity contribution in [2.75, 3.05) is 19.6 Å². The summed E-state index contributed by atoms with van der Waals surface area (Å²) in [6.45, 7) is 3.16. The van der Waals surface area contributed by atoms with Gasteiger partial charge in [-0.15, -0.1) is 0 Å². The Kier molecular flexibility index (Phi) is 4.64. The second-order valence-electron chi connectivity index (χ2n) is 5.67. The zero-order chi connectivity index (χ0) is 16.2. The highest BCUT2D eigenvalue weighted by Gasteiger charge is 2.24. The van der Waals surface area contributed by atoms with E-state index in [-0.39, 0.29) is 17.5 Å². The number of non-ortho nitro benzene ring substituents is 1. The number of piperazine rings is 1. The SMILES string of the molecule is O=[N+]([O-])c1ccc(CN2CCNCC2c2cccc(F)c2)cc1. The maximum atomic E-state index is 13.5. The smallest absolute Gasteiger partial charge is 0.269 e. The van der Waals surface area contributed by atoms with Gasteiger partial charge in [0, 0.05) is 44.4 Å². The molecule has 1 fully saturated rings. The lowest BCUT2D eigenvalue weighted by Gasteiger charge is -2.36. The maximum absolute atomic E-state index is 13.5. The van der Waals surface area contributed by atoms with Crippen molar-refractivity contribution in [3.63, 3.8) is 0 Å². The van der Waals surface area contributed by atoms with Crippen molar-refractivity contribution >= 4 is 5.69 Å². The predicted octanol–water partition coefficient (Wildman–Crippen LogP) is 2.88. The molecule has 0 aliphatic carbocycles. The van der Waals surface area contributed by atoms with Crippen LogP contribution in [0.4, 0.5) is 10.1 Å². The van der Waals surface area contributed by atoms with Crippen molar-refractivity contribution in [3.05, 3.63) is 75.6 Å². The third-order valence-electron chi connectivity index (χ3n) is 4.12. The van der Waals surface area contributed by atoms with Crippen molar-refractivity contribution in [2.24, 2.45) is 0 Å². The first-order valence-electron chi connectivity index (χ1n) is 7.57. The molecule has 0 saturated carbocycles. The van der Waals surface area contributed by atoms with E-state index in [0.29, 0.717) is 6.54 Å². The average molecular weight is 315 g/mol. The van der Waals surface area contributed by atoms with Gasteiger partial charge in [-0.25, -0.2) is 4.39 Å². The van der Waals surface area contributed by atoms with Gasteiger partial charge in [-0.3, -0.25) is 15.0 Å². The molecular formula is C17H18FN3O2. The van der Waals surface area contributed by atoms with Crippen LogP contribution >= 0.6 is 0 Å². The van der Waals surface area contributed by atoms with Crippen molar-refractivity contribution in [3.8, 4) is 0 Å². The zero-order valence-electron chi connectivity index (χ0n) is 12.6. The summed E-state index contributed by atoms with van der Waals surface area (Å²) in [7, 11) is 0. The van der Waals surface area contributed by atoms with Crippen LogP contribution in [0, 0.1) is 15.9 Å². The van der Waals surface area contributed by atoms with Crippen LogP contribution in [0.2, 0.25) is 0 Å². The number of nitro groups is 1. The highest BCUT2D eigenvalue weighted by Crippen LogP contribution is 2.25. The second kappa shape index (κ2) is 6.85. The summed E-state index contributed by atoms with van der Waals surface area (Å²) in [6.07, 6.45) is 0. The Hall–Kier alpha value is -2.31. The number of nitro benzene ring substituents is 1. The lowest BCUT2D eigenvalue weighted by atomic mass is 10.0. The van der Waals surface area contributed by atoms with Crippen molar-refractivity contribution in [1.29, 1.82) is 0 Å². The average Bonchev–Trinajstić information content (AvgIpc) is 2.56. The summed E-state index contributed by atoms with van der Waals surface area (Å²) in [4.78, 5) is 12.6. The molecule has 6 heteroatoms. The summed E-state index contributed by atoms with van der Waals surface area (Å²) >= 11 is 0. The molecule has 1 unspecified atom stereocenters. The van der Waals surface area contributed by atoms with Gasteiger partial charge in [0.1, 0.15) is 5.82 Å². The summed E-state index contributed by atoms with van der Waals surface area (Å²) in [6, 6.07) is 13.4. The van der Waals surface area contributed by atoms with Crippen LogP contribution in [0.3, 0.4) is 0 Å². The van der Waals surface area contributed by atoms with Crippen LogP contribution in [0.1, 0.15) is 17.2 Å². The fourth-order valence-corrected chi connectivity index (χ4v) is 2.94. The minimum absolute atomic E-state index is 0.0923. The summed E-state index contributed by atoms with van der Waals surface area (Å²) < 4.78 is 13.5. The number of rotatable bonds is 4. The fraction of sp³-hybridized carbons (Fsp3) is 0.294. The maximum Gasteiger partial charge on any atom is 0.269 e. The highest BCUT2D eigenvalue weighted by atomic mass is 19.1. The highest BCUT2D eigenvalue weighted by molar-refractivity contribution is 5.33. The molecule has 1 atom stereocenters. The van der Waals surface area contributed by atoms with E-state index in [9.17, 15) is 14.5 Å². The standard InChI is InChI=1S/C17H18FN3O2/c18-15-3-1-2-14(10-15)17-11-19-8-9-20(17)12-13-4-6-16(7-5-13)21(22)23/h1-7,10,17,19H,8-9,11-12H2.